The molecule has 0 aromatic rings. The van der Waals surface area contributed by atoms with Gasteiger partial charge in [-0.1, -0.05) is 168 Å². The third-order valence-corrected chi connectivity index (χ3v) is 10.0. The van der Waals surface area contributed by atoms with Crippen molar-refractivity contribution in [3.05, 3.63) is 109 Å². The van der Waals surface area contributed by atoms with E-state index in [0.717, 1.165) is 96.3 Å². The summed E-state index contributed by atoms with van der Waals surface area (Å²) in [7, 11) is 5.89. The lowest BCUT2D eigenvalue weighted by Gasteiger charge is -2.26. The average Bonchev–Trinajstić information content (AvgIpc) is 3.27. The summed E-state index contributed by atoms with van der Waals surface area (Å²) in [5.41, 5.74) is 0. The molecule has 0 N–H and O–H groups in total. The van der Waals surface area contributed by atoms with Gasteiger partial charge in [-0.3, -0.25) is 9.59 Å². The summed E-state index contributed by atoms with van der Waals surface area (Å²) in [6, 6.07) is 0. The summed E-state index contributed by atoms with van der Waals surface area (Å²) in [4.78, 5) is 37.1. The maximum absolute atomic E-state index is 12.8. The molecule has 0 fully saturated rings. The highest BCUT2D eigenvalue weighted by Crippen LogP contribution is 2.13. The van der Waals surface area contributed by atoms with Crippen LogP contribution in [0, 0.1) is 0 Å². The van der Waals surface area contributed by atoms with Gasteiger partial charge in [0.1, 0.15) is 13.2 Å². The molecular formula is C56H91NO8. The zero-order chi connectivity index (χ0) is 47.7. The predicted molar refractivity (Wildman–Crippen MR) is 269 cm³/mol. The standard InChI is InChI=1S/C56H91NO8/c1-6-8-10-12-14-16-18-20-22-23-24-25-26-27-28-29-30-31-33-35-37-39-41-43-45-47-54(59)65-52(51-64-56(55(60)61)62-49-48-57(3,4)5)50-63-53(58)46-44-42-40-38-36-34-32-21-19-17-15-13-11-9-7-2/h8-11,14-17,20-22,24-25,27-28,32,36,38,52,56H,6-7,12-13,18-19,23,26,29-31,33-35,37,39-51H2,1-5H3/b10-8-,11-9-,16-14-,17-15-,22-20-,25-24-,28-27-,32-21-,38-36-. The van der Waals surface area contributed by atoms with Crippen molar-refractivity contribution in [2.75, 3.05) is 47.5 Å². The third kappa shape index (κ3) is 47.7. The number of carboxylic acids is 1. The summed E-state index contributed by atoms with van der Waals surface area (Å²) >= 11 is 0. The largest absolute Gasteiger partial charge is 0.545 e. The van der Waals surface area contributed by atoms with Crippen molar-refractivity contribution in [1.29, 1.82) is 0 Å². The fraction of sp³-hybridized carbons (Fsp3) is 0.625. The minimum atomic E-state index is -1.64. The Bertz CT molecular complexity index is 1430. The van der Waals surface area contributed by atoms with Gasteiger partial charge in [-0.25, -0.2) is 0 Å². The Morgan fingerprint density at radius 2 is 0.831 bits per heavy atom. The van der Waals surface area contributed by atoms with Gasteiger partial charge < -0.3 is 33.3 Å². The molecule has 0 rings (SSSR count). The molecule has 0 aromatic heterocycles. The van der Waals surface area contributed by atoms with Crippen LogP contribution in [0.5, 0.6) is 0 Å². The number of carbonyl (C=O) groups is 3. The normalized spacial score (nSPS) is 13.8. The number of quaternary nitrogens is 1. The topological polar surface area (TPSA) is 111 Å². The van der Waals surface area contributed by atoms with Gasteiger partial charge in [0.05, 0.1) is 40.3 Å². The lowest BCUT2D eigenvalue weighted by Crippen LogP contribution is -2.44. The molecule has 0 spiro atoms. The smallest absolute Gasteiger partial charge is 0.306 e. The Hall–Kier alpha value is -4.05. The molecule has 0 aliphatic carbocycles. The van der Waals surface area contributed by atoms with E-state index in [1.165, 1.54) is 32.1 Å². The maximum atomic E-state index is 12.8. The van der Waals surface area contributed by atoms with E-state index in [4.69, 9.17) is 18.9 Å². The van der Waals surface area contributed by atoms with Gasteiger partial charge in [-0.05, 0) is 96.3 Å². The van der Waals surface area contributed by atoms with E-state index in [1.807, 2.05) is 21.1 Å². The molecule has 9 nitrogen and oxygen atoms in total. The van der Waals surface area contributed by atoms with Crippen LogP contribution in [0.2, 0.25) is 0 Å². The van der Waals surface area contributed by atoms with Gasteiger partial charge in [-0.2, -0.15) is 0 Å². The van der Waals surface area contributed by atoms with Crippen molar-refractivity contribution in [3.63, 3.8) is 0 Å². The third-order valence-electron chi connectivity index (χ3n) is 10.0. The highest BCUT2D eigenvalue weighted by atomic mass is 16.7. The van der Waals surface area contributed by atoms with Crippen molar-refractivity contribution in [2.45, 2.75) is 180 Å². The lowest BCUT2D eigenvalue weighted by atomic mass is 10.1. The molecule has 0 bridgehead atoms. The summed E-state index contributed by atoms with van der Waals surface area (Å²) in [6.07, 6.45) is 59.8. The lowest BCUT2D eigenvalue weighted by molar-refractivity contribution is -0.870. The van der Waals surface area contributed by atoms with Gasteiger partial charge in [0.15, 0.2) is 12.4 Å². The number of nitrogens with zero attached hydrogens (tertiary/aromatic N) is 1. The summed E-state index contributed by atoms with van der Waals surface area (Å²) in [5, 5.41) is 11.7. The van der Waals surface area contributed by atoms with Crippen molar-refractivity contribution in [2.24, 2.45) is 0 Å². The number of aliphatic carboxylic acids is 1. The number of hydrogen-bond donors (Lipinski definition) is 0. The number of ether oxygens (including phenoxy) is 4. The molecule has 0 heterocycles. The van der Waals surface area contributed by atoms with Crippen LogP contribution < -0.4 is 5.11 Å². The monoisotopic (exact) mass is 906 g/mol. The zero-order valence-corrected chi connectivity index (χ0v) is 41.6. The second-order valence-corrected chi connectivity index (χ2v) is 17.3. The first kappa shape index (κ1) is 60.9. The van der Waals surface area contributed by atoms with Crippen molar-refractivity contribution in [3.8, 4) is 0 Å². The van der Waals surface area contributed by atoms with Gasteiger partial charge in [0.25, 0.3) is 0 Å². The SMILES string of the molecule is CC/C=C\C/C=C\C/C=C\C/C=C\C/C=C\CCCCCCCCCCCC(=O)OC(COC(=O)CCCC/C=C\C/C=C\C/C=C\C/C=C\CC)COC(OCC[N+](C)(C)C)C(=O)[O-]. The van der Waals surface area contributed by atoms with E-state index >= 15 is 0 Å². The fourth-order valence-electron chi connectivity index (χ4n) is 6.20. The number of hydrogen-bond acceptors (Lipinski definition) is 8. The van der Waals surface area contributed by atoms with Crippen molar-refractivity contribution < 1.29 is 42.9 Å². The van der Waals surface area contributed by atoms with E-state index in [9.17, 15) is 19.5 Å². The van der Waals surface area contributed by atoms with Crippen LogP contribution in [0.3, 0.4) is 0 Å². The minimum absolute atomic E-state index is 0.133. The number of allylic oxidation sites excluding steroid dienone is 18. The van der Waals surface area contributed by atoms with Crippen LogP contribution in [0.15, 0.2) is 109 Å². The molecule has 0 aliphatic heterocycles. The molecule has 9 heteroatoms. The molecule has 2 atom stereocenters. The van der Waals surface area contributed by atoms with Gasteiger partial charge in [0.2, 0.25) is 0 Å². The van der Waals surface area contributed by atoms with Gasteiger partial charge in [-0.15, -0.1) is 0 Å². The number of esters is 2. The fourth-order valence-corrected chi connectivity index (χ4v) is 6.20. The van der Waals surface area contributed by atoms with Crippen LogP contribution in [-0.4, -0.2) is 82.3 Å². The van der Waals surface area contributed by atoms with Gasteiger partial charge >= 0.3 is 11.9 Å². The Morgan fingerprint density at radius 1 is 0.462 bits per heavy atom. The first-order chi connectivity index (χ1) is 31.6. The molecule has 0 radical (unpaired) electrons. The first-order valence-electron chi connectivity index (χ1n) is 25.0. The number of likely N-dealkylation sites (N-methyl/N-ethyl adjacent to an activating group) is 1. The molecule has 0 aliphatic rings. The molecule has 368 valence electrons. The molecular weight excluding hydrogens is 815 g/mol. The van der Waals surface area contributed by atoms with Crippen LogP contribution in [0.4, 0.5) is 0 Å². The predicted octanol–water partition coefficient (Wildman–Crippen LogP) is 12.7. The van der Waals surface area contributed by atoms with E-state index in [2.05, 4.69) is 123 Å². The van der Waals surface area contributed by atoms with E-state index in [0.29, 0.717) is 23.9 Å². The van der Waals surface area contributed by atoms with Crippen LogP contribution in [0.25, 0.3) is 0 Å². The quantitative estimate of drug-likeness (QED) is 0.0195. The summed E-state index contributed by atoms with van der Waals surface area (Å²) in [6.45, 7) is 4.43. The summed E-state index contributed by atoms with van der Waals surface area (Å²) in [5.74, 6) is -2.36. The Morgan fingerprint density at radius 3 is 1.26 bits per heavy atom. The first-order valence-corrected chi connectivity index (χ1v) is 25.0. The number of rotatable bonds is 44. The van der Waals surface area contributed by atoms with Crippen LogP contribution >= 0.6 is 0 Å². The van der Waals surface area contributed by atoms with Gasteiger partial charge in [0, 0.05) is 12.8 Å². The highest BCUT2D eigenvalue weighted by Gasteiger charge is 2.21. The Balaban J connectivity index is 4.40. The molecule has 0 aromatic carbocycles. The molecule has 65 heavy (non-hydrogen) atoms. The maximum Gasteiger partial charge on any atom is 0.306 e. The minimum Gasteiger partial charge on any atom is -0.545 e. The summed E-state index contributed by atoms with van der Waals surface area (Å²) < 4.78 is 22.5. The molecule has 0 amide bonds. The number of unbranched alkanes of at least 4 members (excludes halogenated alkanes) is 11. The van der Waals surface area contributed by atoms with Crippen molar-refractivity contribution >= 4 is 17.9 Å². The van der Waals surface area contributed by atoms with Crippen LogP contribution in [-0.2, 0) is 33.3 Å². The molecule has 0 saturated carbocycles. The zero-order valence-electron chi connectivity index (χ0n) is 41.6. The average molecular weight is 906 g/mol. The van der Waals surface area contributed by atoms with E-state index in [1.54, 1.807) is 0 Å². The van der Waals surface area contributed by atoms with E-state index < -0.39 is 30.3 Å². The highest BCUT2D eigenvalue weighted by molar-refractivity contribution is 5.70. The van der Waals surface area contributed by atoms with Crippen LogP contribution in [0.1, 0.15) is 168 Å². The second kappa shape index (κ2) is 46.5. The number of carboxylic acid groups (broad SMARTS) is 1. The van der Waals surface area contributed by atoms with E-state index in [-0.39, 0.29) is 32.7 Å². The second-order valence-electron chi connectivity index (χ2n) is 17.3. The number of carbonyl (C=O) groups excluding carboxylic acids is 3. The Labute approximate surface area is 396 Å². The van der Waals surface area contributed by atoms with Crippen molar-refractivity contribution in [1.82, 2.24) is 0 Å². The molecule has 0 saturated heterocycles. The Kier molecular flexibility index (Phi) is 43.6. The molecule has 2 unspecified atom stereocenters.